The number of benzene rings is 1. The van der Waals surface area contributed by atoms with Gasteiger partial charge in [0.1, 0.15) is 17.3 Å². The van der Waals surface area contributed by atoms with Gasteiger partial charge in [0, 0.05) is 30.7 Å². The Labute approximate surface area is 145 Å². The smallest absolute Gasteiger partial charge is 0.257 e. The molecule has 1 amide bonds. The maximum Gasteiger partial charge on any atom is 0.257 e. The van der Waals surface area contributed by atoms with Crippen LogP contribution >= 0.6 is 0 Å². The van der Waals surface area contributed by atoms with Crippen molar-refractivity contribution in [1.82, 2.24) is 9.88 Å². The van der Waals surface area contributed by atoms with Crippen molar-refractivity contribution >= 4 is 11.6 Å². The van der Waals surface area contributed by atoms with Crippen LogP contribution in [0.15, 0.2) is 59.3 Å². The van der Waals surface area contributed by atoms with Gasteiger partial charge in [0.15, 0.2) is 6.17 Å². The minimum atomic E-state index is -0.376. The number of aromatic nitrogens is 1. The molecule has 0 saturated heterocycles. The number of anilines is 1. The van der Waals surface area contributed by atoms with Crippen molar-refractivity contribution in [2.24, 2.45) is 0 Å². The lowest BCUT2D eigenvalue weighted by Gasteiger charge is -2.34. The first-order valence-electron chi connectivity index (χ1n) is 7.89. The molecule has 3 heterocycles. The number of carbonyl (C=O) groups excluding carboxylic acids is 1. The summed E-state index contributed by atoms with van der Waals surface area (Å²) >= 11 is 0. The van der Waals surface area contributed by atoms with E-state index in [2.05, 4.69) is 10.3 Å². The van der Waals surface area contributed by atoms with Gasteiger partial charge in [-0.2, -0.15) is 0 Å². The van der Waals surface area contributed by atoms with Crippen molar-refractivity contribution in [2.45, 2.75) is 6.17 Å². The second kappa shape index (κ2) is 5.98. The summed E-state index contributed by atoms with van der Waals surface area (Å²) in [7, 11) is 3.33. The molecule has 1 aliphatic rings. The zero-order valence-electron chi connectivity index (χ0n) is 13.9. The third kappa shape index (κ3) is 2.61. The summed E-state index contributed by atoms with van der Waals surface area (Å²) in [6.45, 7) is 0. The monoisotopic (exact) mass is 335 g/mol. The largest absolute Gasteiger partial charge is 0.497 e. The maximum absolute atomic E-state index is 12.7. The van der Waals surface area contributed by atoms with Gasteiger partial charge in [0.05, 0.1) is 12.7 Å². The number of nitrogens with one attached hydrogen (secondary N) is 1. The van der Waals surface area contributed by atoms with Gasteiger partial charge in [-0.15, -0.1) is 0 Å². The molecule has 0 saturated carbocycles. The van der Waals surface area contributed by atoms with Crippen LogP contribution < -0.4 is 10.1 Å². The van der Waals surface area contributed by atoms with Crippen molar-refractivity contribution in [3.8, 4) is 17.1 Å². The second-order valence-electron chi connectivity index (χ2n) is 5.82. The van der Waals surface area contributed by atoms with Crippen LogP contribution in [0.4, 0.5) is 5.69 Å². The van der Waals surface area contributed by atoms with Gasteiger partial charge in [-0.05, 0) is 42.5 Å². The third-order valence-electron chi connectivity index (χ3n) is 4.30. The average molecular weight is 335 g/mol. The minimum absolute atomic E-state index is 0.0861. The number of nitrogens with zero attached hydrogens (tertiary/aromatic N) is 2. The van der Waals surface area contributed by atoms with Crippen molar-refractivity contribution in [1.29, 1.82) is 0 Å². The first-order valence-corrected chi connectivity index (χ1v) is 7.89. The van der Waals surface area contributed by atoms with Gasteiger partial charge in [0.2, 0.25) is 0 Å². The predicted octanol–water partition coefficient (Wildman–Crippen LogP) is 3.55. The molecule has 1 aromatic carbocycles. The fourth-order valence-electron chi connectivity index (χ4n) is 2.93. The van der Waals surface area contributed by atoms with Gasteiger partial charge in [-0.25, -0.2) is 0 Å². The zero-order valence-corrected chi connectivity index (χ0v) is 13.9. The van der Waals surface area contributed by atoms with Crippen molar-refractivity contribution in [3.63, 3.8) is 0 Å². The van der Waals surface area contributed by atoms with Crippen molar-refractivity contribution < 1.29 is 13.9 Å². The van der Waals surface area contributed by atoms with E-state index < -0.39 is 0 Å². The quantitative estimate of drug-likeness (QED) is 0.793. The van der Waals surface area contributed by atoms with E-state index in [4.69, 9.17) is 9.15 Å². The van der Waals surface area contributed by atoms with E-state index in [9.17, 15) is 4.79 Å². The highest BCUT2D eigenvalue weighted by Gasteiger charge is 2.32. The lowest BCUT2D eigenvalue weighted by molar-refractivity contribution is 0.0719. The van der Waals surface area contributed by atoms with E-state index in [-0.39, 0.29) is 12.1 Å². The van der Waals surface area contributed by atoms with Crippen LogP contribution in [-0.2, 0) is 0 Å². The molecule has 126 valence electrons. The Morgan fingerprint density at radius 3 is 2.88 bits per heavy atom. The summed E-state index contributed by atoms with van der Waals surface area (Å²) in [6, 6.07) is 13.0. The molecule has 1 atom stereocenters. The number of fused-ring (bicyclic) bond motifs is 1. The molecule has 6 heteroatoms. The molecule has 0 unspecified atom stereocenters. The molecule has 25 heavy (non-hydrogen) atoms. The Morgan fingerprint density at radius 1 is 1.24 bits per heavy atom. The van der Waals surface area contributed by atoms with Gasteiger partial charge in [0.25, 0.3) is 5.91 Å². The SMILES string of the molecule is COc1ccc2c(c1)C(=O)N(C)[C@@H](c1ccc(-c3cccnc3)o1)N2. The molecule has 0 fully saturated rings. The molecule has 6 nitrogen and oxygen atoms in total. The van der Waals surface area contributed by atoms with E-state index in [0.29, 0.717) is 22.8 Å². The molecule has 3 aromatic rings. The van der Waals surface area contributed by atoms with Crippen LogP contribution in [0.3, 0.4) is 0 Å². The molecule has 2 aromatic heterocycles. The fraction of sp³-hybridized carbons (Fsp3) is 0.158. The molecule has 0 aliphatic carbocycles. The van der Waals surface area contributed by atoms with E-state index in [0.717, 1.165) is 11.3 Å². The minimum Gasteiger partial charge on any atom is -0.497 e. The third-order valence-corrected chi connectivity index (χ3v) is 4.30. The summed E-state index contributed by atoms with van der Waals surface area (Å²) in [4.78, 5) is 18.4. The summed E-state index contributed by atoms with van der Waals surface area (Å²) in [6.07, 6.45) is 3.08. The molecule has 4 rings (SSSR count). The Morgan fingerprint density at radius 2 is 2.12 bits per heavy atom. The average Bonchev–Trinajstić information content (AvgIpc) is 3.15. The van der Waals surface area contributed by atoms with Gasteiger partial charge >= 0.3 is 0 Å². The Hall–Kier alpha value is -3.28. The number of ether oxygens (including phenoxy) is 1. The van der Waals surface area contributed by atoms with E-state index in [1.165, 1.54) is 0 Å². The Balaban J connectivity index is 1.67. The first-order chi connectivity index (χ1) is 12.2. The number of furan rings is 1. The van der Waals surface area contributed by atoms with Crippen molar-refractivity contribution in [2.75, 3.05) is 19.5 Å². The highest BCUT2D eigenvalue weighted by molar-refractivity contribution is 6.02. The van der Waals surface area contributed by atoms with E-state index >= 15 is 0 Å². The molecule has 1 N–H and O–H groups in total. The van der Waals surface area contributed by atoms with Crippen molar-refractivity contribution in [3.05, 3.63) is 66.2 Å². The lowest BCUT2D eigenvalue weighted by Crippen LogP contribution is -2.40. The van der Waals surface area contributed by atoms with Crippen LogP contribution in [0, 0.1) is 0 Å². The standard InChI is InChI=1S/C19H17N3O3/c1-22-18(17-8-7-16(25-17)12-4-3-9-20-11-12)21-15-6-5-13(24-2)10-14(15)19(22)23/h3-11,18,21H,1-2H3/t18-/m0/s1. The molecule has 0 bridgehead atoms. The number of hydrogen-bond acceptors (Lipinski definition) is 5. The van der Waals surface area contributed by atoms with Crippen LogP contribution in [0.25, 0.3) is 11.3 Å². The Bertz CT molecular complexity index is 921. The molecular weight excluding hydrogens is 318 g/mol. The topological polar surface area (TPSA) is 67.6 Å². The summed E-state index contributed by atoms with van der Waals surface area (Å²) in [5, 5.41) is 3.35. The van der Waals surface area contributed by atoms with E-state index in [1.54, 1.807) is 37.5 Å². The highest BCUT2D eigenvalue weighted by Crippen LogP contribution is 2.35. The molecule has 0 radical (unpaired) electrons. The second-order valence-corrected chi connectivity index (χ2v) is 5.82. The first kappa shape index (κ1) is 15.3. The Kier molecular flexibility index (Phi) is 3.65. The number of carbonyl (C=O) groups is 1. The van der Waals surface area contributed by atoms with Crippen LogP contribution in [-0.4, -0.2) is 29.9 Å². The van der Waals surface area contributed by atoms with Crippen LogP contribution in [0.2, 0.25) is 0 Å². The van der Waals surface area contributed by atoms with Gasteiger partial charge in [-0.1, -0.05) is 0 Å². The zero-order chi connectivity index (χ0) is 17.4. The maximum atomic E-state index is 12.7. The number of rotatable bonds is 3. The number of methoxy groups -OCH3 is 1. The lowest BCUT2D eigenvalue weighted by atomic mass is 10.1. The molecular formula is C19H17N3O3. The van der Waals surface area contributed by atoms with Gasteiger partial charge < -0.3 is 19.4 Å². The normalized spacial score (nSPS) is 16.3. The molecule has 1 aliphatic heterocycles. The van der Waals surface area contributed by atoms with Gasteiger partial charge in [-0.3, -0.25) is 9.78 Å². The summed E-state index contributed by atoms with van der Waals surface area (Å²) < 4.78 is 11.2. The number of amides is 1. The number of hydrogen-bond donors (Lipinski definition) is 1. The van der Waals surface area contributed by atoms with E-state index in [1.807, 2.05) is 36.4 Å². The highest BCUT2D eigenvalue weighted by atomic mass is 16.5. The van der Waals surface area contributed by atoms with Crippen LogP contribution in [0.1, 0.15) is 22.3 Å². The fourth-order valence-corrected chi connectivity index (χ4v) is 2.93. The number of pyridine rings is 1. The summed E-state index contributed by atoms with van der Waals surface area (Å²) in [5.74, 6) is 1.94. The summed E-state index contributed by atoms with van der Waals surface area (Å²) in [5.41, 5.74) is 2.23. The molecule has 0 spiro atoms. The predicted molar refractivity (Wildman–Crippen MR) is 93.4 cm³/mol. The van der Waals surface area contributed by atoms with Crippen LogP contribution in [0.5, 0.6) is 5.75 Å².